The van der Waals surface area contributed by atoms with Crippen molar-refractivity contribution in [1.82, 2.24) is 5.32 Å². The zero-order valence-corrected chi connectivity index (χ0v) is 13.4. The summed E-state index contributed by atoms with van der Waals surface area (Å²) in [5, 5.41) is 14.4. The van der Waals surface area contributed by atoms with Gasteiger partial charge in [-0.2, -0.15) is 0 Å². The molecule has 2 aliphatic carbocycles. The summed E-state index contributed by atoms with van der Waals surface area (Å²) in [7, 11) is 0. The molecule has 0 heterocycles. The average molecular weight is 308 g/mol. The third-order valence-electron chi connectivity index (χ3n) is 5.50. The average Bonchev–Trinajstić information content (AvgIpc) is 2.48. The molecule has 3 heteroatoms. The van der Waals surface area contributed by atoms with Crippen LogP contribution in [0.4, 0.5) is 0 Å². The van der Waals surface area contributed by atoms with Gasteiger partial charge < -0.3 is 10.4 Å². The molecule has 1 aromatic carbocycles. The Bertz CT molecular complexity index is 464. The highest BCUT2D eigenvalue weighted by molar-refractivity contribution is 6.31. The number of hydrogen-bond donors (Lipinski definition) is 2. The molecule has 0 atom stereocenters. The van der Waals surface area contributed by atoms with Crippen molar-refractivity contribution in [3.63, 3.8) is 0 Å². The van der Waals surface area contributed by atoms with Crippen LogP contribution in [0.5, 0.6) is 0 Å². The van der Waals surface area contributed by atoms with Gasteiger partial charge in [-0.05, 0) is 43.2 Å². The van der Waals surface area contributed by atoms with E-state index in [2.05, 4.69) is 17.4 Å². The van der Waals surface area contributed by atoms with Crippen molar-refractivity contribution >= 4 is 11.6 Å². The Kier molecular flexibility index (Phi) is 4.88. The molecular weight excluding hydrogens is 282 g/mol. The zero-order valence-electron chi connectivity index (χ0n) is 12.7. The third kappa shape index (κ3) is 3.44. The van der Waals surface area contributed by atoms with Crippen LogP contribution < -0.4 is 5.32 Å². The molecule has 0 saturated heterocycles. The predicted molar refractivity (Wildman–Crippen MR) is 87.8 cm³/mol. The summed E-state index contributed by atoms with van der Waals surface area (Å²) in [4.78, 5) is 0. The van der Waals surface area contributed by atoms with Crippen LogP contribution in [0, 0.1) is 5.41 Å². The molecule has 0 bridgehead atoms. The smallest absolute Gasteiger partial charge is 0.0499 e. The largest absolute Gasteiger partial charge is 0.396 e. The summed E-state index contributed by atoms with van der Waals surface area (Å²) < 4.78 is 0. The fraction of sp³-hybridized carbons (Fsp3) is 0.667. The van der Waals surface area contributed by atoms with E-state index in [9.17, 15) is 5.11 Å². The molecule has 1 aromatic rings. The molecular formula is C18H26ClNO. The van der Waals surface area contributed by atoms with Crippen LogP contribution in [0.2, 0.25) is 5.02 Å². The van der Waals surface area contributed by atoms with E-state index in [0.29, 0.717) is 18.6 Å². The van der Waals surface area contributed by atoms with Gasteiger partial charge in [-0.25, -0.2) is 0 Å². The molecule has 21 heavy (non-hydrogen) atoms. The Hall–Kier alpha value is -0.570. The Morgan fingerprint density at radius 1 is 1.14 bits per heavy atom. The van der Waals surface area contributed by atoms with E-state index in [1.54, 1.807) is 0 Å². The van der Waals surface area contributed by atoms with E-state index in [0.717, 1.165) is 11.6 Å². The van der Waals surface area contributed by atoms with E-state index < -0.39 is 0 Å². The quantitative estimate of drug-likeness (QED) is 0.857. The molecule has 0 amide bonds. The van der Waals surface area contributed by atoms with Gasteiger partial charge in [0.25, 0.3) is 0 Å². The number of benzene rings is 1. The lowest BCUT2D eigenvalue weighted by Gasteiger charge is -2.41. The fourth-order valence-corrected chi connectivity index (χ4v) is 4.19. The van der Waals surface area contributed by atoms with Gasteiger partial charge in [0, 0.05) is 29.6 Å². The molecule has 0 unspecified atom stereocenters. The van der Waals surface area contributed by atoms with Crippen LogP contribution in [0.3, 0.4) is 0 Å². The number of aliphatic hydroxyl groups excluding tert-OH is 1. The molecule has 3 rings (SSSR count). The molecule has 116 valence electrons. The van der Waals surface area contributed by atoms with Gasteiger partial charge in [0.15, 0.2) is 0 Å². The van der Waals surface area contributed by atoms with Crippen molar-refractivity contribution in [2.75, 3.05) is 13.2 Å². The van der Waals surface area contributed by atoms with Gasteiger partial charge >= 0.3 is 0 Å². The molecule has 0 radical (unpaired) electrons. The molecule has 2 fully saturated rings. The summed E-state index contributed by atoms with van der Waals surface area (Å²) in [6, 6.07) is 8.80. The Morgan fingerprint density at radius 3 is 2.52 bits per heavy atom. The van der Waals surface area contributed by atoms with Gasteiger partial charge in [0.05, 0.1) is 0 Å². The lowest BCUT2D eigenvalue weighted by Crippen LogP contribution is -2.47. The topological polar surface area (TPSA) is 32.3 Å². The molecule has 2 saturated carbocycles. The van der Waals surface area contributed by atoms with Gasteiger partial charge in [-0.1, -0.05) is 49.1 Å². The van der Waals surface area contributed by atoms with Crippen molar-refractivity contribution in [3.8, 4) is 0 Å². The molecule has 2 N–H and O–H groups in total. The fourth-order valence-electron chi connectivity index (χ4n) is 3.90. The van der Waals surface area contributed by atoms with Crippen molar-refractivity contribution in [3.05, 3.63) is 34.9 Å². The Morgan fingerprint density at radius 2 is 1.86 bits per heavy atom. The summed E-state index contributed by atoms with van der Waals surface area (Å²) in [6.07, 6.45) is 8.58. The van der Waals surface area contributed by atoms with Crippen molar-refractivity contribution < 1.29 is 5.11 Å². The van der Waals surface area contributed by atoms with Crippen LogP contribution in [-0.2, 0) is 0 Å². The van der Waals surface area contributed by atoms with Crippen molar-refractivity contribution in [2.45, 2.75) is 56.9 Å². The lowest BCUT2D eigenvalue weighted by molar-refractivity contribution is 0.0732. The molecule has 0 spiro atoms. The number of hydrogen-bond acceptors (Lipinski definition) is 2. The molecule has 2 nitrogen and oxygen atoms in total. The maximum Gasteiger partial charge on any atom is 0.0499 e. The first-order chi connectivity index (χ1) is 10.2. The Labute approximate surface area is 132 Å². The van der Waals surface area contributed by atoms with Crippen molar-refractivity contribution in [2.24, 2.45) is 5.41 Å². The zero-order chi connectivity index (χ0) is 14.7. The number of aliphatic hydroxyl groups is 1. The summed E-state index contributed by atoms with van der Waals surface area (Å²) in [6.45, 7) is 1.31. The van der Waals surface area contributed by atoms with E-state index >= 15 is 0 Å². The van der Waals surface area contributed by atoms with Crippen LogP contribution in [0.15, 0.2) is 24.3 Å². The monoisotopic (exact) mass is 307 g/mol. The molecule has 0 aromatic heterocycles. The number of halogens is 1. The van der Waals surface area contributed by atoms with E-state index in [4.69, 9.17) is 11.6 Å². The minimum absolute atomic E-state index is 0.147. The van der Waals surface area contributed by atoms with Crippen LogP contribution >= 0.6 is 11.6 Å². The first-order valence-corrected chi connectivity index (χ1v) is 8.69. The minimum Gasteiger partial charge on any atom is -0.396 e. The second-order valence-corrected chi connectivity index (χ2v) is 7.39. The summed E-state index contributed by atoms with van der Waals surface area (Å²) in [5.74, 6) is 0.604. The second kappa shape index (κ2) is 6.68. The number of rotatable bonds is 5. The summed E-state index contributed by atoms with van der Waals surface area (Å²) >= 11 is 6.27. The Balaban J connectivity index is 1.48. The van der Waals surface area contributed by atoms with E-state index in [-0.39, 0.29) is 5.41 Å². The number of nitrogens with one attached hydrogen (secondary N) is 1. The third-order valence-corrected chi connectivity index (χ3v) is 5.84. The first kappa shape index (κ1) is 15.3. The van der Waals surface area contributed by atoms with Crippen LogP contribution in [0.1, 0.15) is 56.4 Å². The van der Waals surface area contributed by atoms with E-state index in [1.807, 2.05) is 12.1 Å². The predicted octanol–water partition coefficient (Wildman–Crippen LogP) is 4.12. The highest BCUT2D eigenvalue weighted by Gasteiger charge is 2.35. The standard InChI is InChI=1S/C18H26ClNO/c19-17-7-3-2-6-16(17)14-10-15(11-14)20-12-18(13-21)8-4-1-5-9-18/h2-3,6-7,14-15,20-21H,1,4-5,8-13H2. The van der Waals surface area contributed by atoms with Crippen molar-refractivity contribution in [1.29, 1.82) is 0 Å². The maximum absolute atomic E-state index is 9.75. The normalized spacial score (nSPS) is 28.1. The molecule has 2 aliphatic rings. The highest BCUT2D eigenvalue weighted by atomic mass is 35.5. The second-order valence-electron chi connectivity index (χ2n) is 6.99. The van der Waals surface area contributed by atoms with Crippen LogP contribution in [-0.4, -0.2) is 24.3 Å². The van der Waals surface area contributed by atoms with Crippen LogP contribution in [0.25, 0.3) is 0 Å². The van der Waals surface area contributed by atoms with Gasteiger partial charge in [0.1, 0.15) is 0 Å². The lowest BCUT2D eigenvalue weighted by atomic mass is 9.72. The SMILES string of the molecule is OCC1(CNC2CC(c3ccccc3Cl)C2)CCCCC1. The van der Waals surface area contributed by atoms with Gasteiger partial charge in [0.2, 0.25) is 0 Å². The minimum atomic E-state index is 0.147. The highest BCUT2D eigenvalue weighted by Crippen LogP contribution is 2.41. The maximum atomic E-state index is 9.75. The first-order valence-electron chi connectivity index (χ1n) is 8.31. The van der Waals surface area contributed by atoms with E-state index in [1.165, 1.54) is 50.5 Å². The molecule has 0 aliphatic heterocycles. The van der Waals surface area contributed by atoms with Gasteiger partial charge in [-0.3, -0.25) is 0 Å². The van der Waals surface area contributed by atoms with Gasteiger partial charge in [-0.15, -0.1) is 0 Å². The summed E-state index contributed by atoms with van der Waals surface area (Å²) in [5.41, 5.74) is 1.44.